The second-order valence-corrected chi connectivity index (χ2v) is 8.73. The van der Waals surface area contributed by atoms with Crippen LogP contribution in [0.3, 0.4) is 0 Å². The van der Waals surface area contributed by atoms with Crippen molar-refractivity contribution in [2.75, 3.05) is 22.6 Å². The highest BCUT2D eigenvalue weighted by Gasteiger charge is 2.34. The Balaban J connectivity index is 1.43. The maximum atomic E-state index is 12.7. The molecule has 0 saturated carbocycles. The lowest BCUT2D eigenvalue weighted by atomic mass is 9.98. The van der Waals surface area contributed by atoms with E-state index >= 15 is 0 Å². The number of nitrogens with one attached hydrogen (secondary N) is 2. The predicted octanol–water partition coefficient (Wildman–Crippen LogP) is 4.07. The maximum Gasteiger partial charge on any atom is 0.433 e. The average Bonchev–Trinajstić information content (AvgIpc) is 3.20. The number of alkyl halides is 3. The van der Waals surface area contributed by atoms with Crippen LogP contribution >= 0.6 is 0 Å². The van der Waals surface area contributed by atoms with Gasteiger partial charge in [0.1, 0.15) is 17.6 Å². The number of pyridine rings is 2. The van der Waals surface area contributed by atoms with Gasteiger partial charge in [0.2, 0.25) is 5.91 Å². The van der Waals surface area contributed by atoms with Crippen molar-refractivity contribution < 1.29 is 18.0 Å². The molecule has 1 amide bonds. The van der Waals surface area contributed by atoms with Crippen LogP contribution in [-0.2, 0) is 24.1 Å². The molecule has 34 heavy (non-hydrogen) atoms. The minimum atomic E-state index is -4.46. The van der Waals surface area contributed by atoms with Crippen LogP contribution in [0.25, 0.3) is 0 Å². The Kier molecular flexibility index (Phi) is 6.20. The van der Waals surface area contributed by atoms with Crippen LogP contribution in [0.4, 0.5) is 30.4 Å². The van der Waals surface area contributed by atoms with E-state index in [4.69, 9.17) is 0 Å². The van der Waals surface area contributed by atoms with E-state index in [0.717, 1.165) is 17.3 Å². The van der Waals surface area contributed by atoms with Gasteiger partial charge in [-0.2, -0.15) is 18.3 Å². The highest BCUT2D eigenvalue weighted by molar-refractivity contribution is 6.04. The molecule has 1 aliphatic heterocycles. The molecule has 3 aromatic rings. The number of hydrogen-bond acceptors (Lipinski definition) is 6. The van der Waals surface area contributed by atoms with Gasteiger partial charge in [0.05, 0.1) is 29.8 Å². The van der Waals surface area contributed by atoms with E-state index in [9.17, 15) is 18.0 Å². The van der Waals surface area contributed by atoms with Crippen LogP contribution in [0.15, 0.2) is 36.8 Å². The summed E-state index contributed by atoms with van der Waals surface area (Å²) in [4.78, 5) is 22.5. The summed E-state index contributed by atoms with van der Waals surface area (Å²) in [6.07, 6.45) is 0.262. The molecule has 2 N–H and O–H groups in total. The van der Waals surface area contributed by atoms with E-state index < -0.39 is 11.9 Å². The summed E-state index contributed by atoms with van der Waals surface area (Å²) in [7, 11) is 1.91. The van der Waals surface area contributed by atoms with E-state index in [1.807, 2.05) is 45.0 Å². The van der Waals surface area contributed by atoms with Crippen molar-refractivity contribution in [1.82, 2.24) is 19.7 Å². The van der Waals surface area contributed by atoms with Gasteiger partial charge in [0.15, 0.2) is 0 Å². The van der Waals surface area contributed by atoms with E-state index in [1.54, 1.807) is 10.9 Å². The number of rotatable bonds is 6. The van der Waals surface area contributed by atoms with Crippen LogP contribution in [0.5, 0.6) is 0 Å². The third kappa shape index (κ3) is 4.82. The zero-order valence-corrected chi connectivity index (χ0v) is 19.3. The second kappa shape index (κ2) is 8.96. The van der Waals surface area contributed by atoms with Crippen molar-refractivity contribution >= 4 is 23.1 Å². The fraction of sp³-hybridized carbons (Fsp3) is 0.391. The number of aryl methyl sites for hydroxylation is 1. The Hall–Kier alpha value is -3.63. The molecule has 0 aromatic carbocycles. The first-order chi connectivity index (χ1) is 16.0. The lowest BCUT2D eigenvalue weighted by Crippen LogP contribution is -2.49. The number of nitrogens with zero attached hydrogens (tertiary/aromatic N) is 5. The van der Waals surface area contributed by atoms with Crippen molar-refractivity contribution in [1.29, 1.82) is 0 Å². The number of fused-ring (bicyclic) bond motifs is 1. The molecule has 11 heteroatoms. The largest absolute Gasteiger partial charge is 0.433 e. The van der Waals surface area contributed by atoms with Crippen molar-refractivity contribution in [2.45, 2.75) is 46.1 Å². The molecule has 0 radical (unpaired) electrons. The van der Waals surface area contributed by atoms with Crippen LogP contribution in [-0.4, -0.2) is 38.7 Å². The quantitative estimate of drug-likeness (QED) is 0.561. The number of carbonyl (C=O) groups excluding carboxylic acids is 1. The molecule has 180 valence electrons. The fourth-order valence-corrected chi connectivity index (χ4v) is 4.10. The van der Waals surface area contributed by atoms with Gasteiger partial charge < -0.3 is 15.5 Å². The molecule has 4 rings (SSSR count). The third-order valence-corrected chi connectivity index (χ3v) is 5.75. The highest BCUT2D eigenvalue weighted by atomic mass is 19.4. The number of likely N-dealkylation sites (N-methyl/N-ethyl adjacent to an activating group) is 1. The molecule has 8 nitrogen and oxygen atoms in total. The number of amides is 1. The zero-order chi connectivity index (χ0) is 24.6. The van der Waals surface area contributed by atoms with Crippen molar-refractivity contribution in [3.05, 3.63) is 59.3 Å². The van der Waals surface area contributed by atoms with Crippen LogP contribution in [0.2, 0.25) is 0 Å². The summed E-state index contributed by atoms with van der Waals surface area (Å²) in [6.45, 7) is 6.64. The first-order valence-corrected chi connectivity index (χ1v) is 10.9. The predicted molar refractivity (Wildman–Crippen MR) is 123 cm³/mol. The van der Waals surface area contributed by atoms with E-state index in [0.29, 0.717) is 35.9 Å². The summed E-state index contributed by atoms with van der Waals surface area (Å²) in [6, 6.07) is 4.01. The molecular weight excluding hydrogens is 447 g/mol. The van der Waals surface area contributed by atoms with Gasteiger partial charge in [0.25, 0.3) is 0 Å². The van der Waals surface area contributed by atoms with Gasteiger partial charge in [-0.15, -0.1) is 0 Å². The Morgan fingerprint density at radius 3 is 2.62 bits per heavy atom. The van der Waals surface area contributed by atoms with Gasteiger partial charge in [-0.1, -0.05) is 19.9 Å². The zero-order valence-electron chi connectivity index (χ0n) is 19.3. The molecule has 3 aromatic heterocycles. The number of halogens is 3. The number of hydrogen-bond donors (Lipinski definition) is 2. The SMILES string of the molecule is Cc1nc(NCc2cnn(Cc3ccc(C(F)(F)F)nc3)c2)cc2c1NC(=O)C(C(C)C)N2C. The molecule has 0 aliphatic carbocycles. The Bertz CT molecular complexity index is 1190. The molecular formula is C23H26F3N7O. The van der Waals surface area contributed by atoms with Gasteiger partial charge >= 0.3 is 6.18 Å². The van der Waals surface area contributed by atoms with E-state index in [1.165, 1.54) is 12.3 Å². The fourth-order valence-electron chi connectivity index (χ4n) is 4.10. The van der Waals surface area contributed by atoms with Gasteiger partial charge in [0, 0.05) is 37.6 Å². The molecule has 1 aliphatic rings. The minimum absolute atomic E-state index is 0.0359. The van der Waals surface area contributed by atoms with Crippen LogP contribution in [0, 0.1) is 12.8 Å². The molecule has 0 fully saturated rings. The Morgan fingerprint density at radius 1 is 1.21 bits per heavy atom. The molecule has 0 spiro atoms. The number of carbonyl (C=O) groups is 1. The monoisotopic (exact) mass is 473 g/mol. The first kappa shape index (κ1) is 23.5. The first-order valence-electron chi connectivity index (χ1n) is 10.9. The average molecular weight is 474 g/mol. The maximum absolute atomic E-state index is 12.7. The lowest BCUT2D eigenvalue weighted by Gasteiger charge is -2.38. The van der Waals surface area contributed by atoms with Crippen LogP contribution < -0.4 is 15.5 Å². The number of aromatic nitrogens is 4. The van der Waals surface area contributed by atoms with Gasteiger partial charge in [-0.25, -0.2) is 4.98 Å². The van der Waals surface area contributed by atoms with Crippen molar-refractivity contribution in [3.8, 4) is 0 Å². The van der Waals surface area contributed by atoms with Crippen molar-refractivity contribution in [2.24, 2.45) is 5.92 Å². The topological polar surface area (TPSA) is 88.0 Å². The van der Waals surface area contributed by atoms with Gasteiger partial charge in [-0.3, -0.25) is 14.5 Å². The summed E-state index contributed by atoms with van der Waals surface area (Å²) in [5.41, 5.74) is 2.92. The molecule has 4 heterocycles. The smallest absolute Gasteiger partial charge is 0.366 e. The summed E-state index contributed by atoms with van der Waals surface area (Å²) < 4.78 is 39.7. The highest BCUT2D eigenvalue weighted by Crippen LogP contribution is 2.36. The third-order valence-electron chi connectivity index (χ3n) is 5.75. The normalized spacial score (nSPS) is 15.9. The summed E-state index contributed by atoms with van der Waals surface area (Å²) >= 11 is 0. The molecule has 1 atom stereocenters. The van der Waals surface area contributed by atoms with E-state index in [-0.39, 0.29) is 17.9 Å². The Morgan fingerprint density at radius 2 is 1.97 bits per heavy atom. The molecule has 0 bridgehead atoms. The lowest BCUT2D eigenvalue weighted by molar-refractivity contribution is -0.141. The number of anilines is 3. The van der Waals surface area contributed by atoms with Crippen LogP contribution in [0.1, 0.15) is 36.4 Å². The van der Waals surface area contributed by atoms with Gasteiger partial charge in [-0.05, 0) is 24.5 Å². The Labute approximate surface area is 195 Å². The molecule has 0 saturated heterocycles. The summed E-state index contributed by atoms with van der Waals surface area (Å²) in [5.74, 6) is 0.779. The van der Waals surface area contributed by atoms with Crippen molar-refractivity contribution in [3.63, 3.8) is 0 Å². The standard InChI is InChI=1S/C23H26F3N7O/c1-13(2)21-22(34)31-20-14(3)30-19(7-17(20)32(21)4)28-9-16-10-29-33(12-16)11-15-5-6-18(27-8-15)23(24,25)26/h5-8,10,12-13,21H,9,11H2,1-4H3,(H,28,30)(H,31,34). The minimum Gasteiger partial charge on any atom is -0.366 e. The van der Waals surface area contributed by atoms with E-state index in [2.05, 4.69) is 25.7 Å². The molecule has 1 unspecified atom stereocenters. The second-order valence-electron chi connectivity index (χ2n) is 8.73. The summed E-state index contributed by atoms with van der Waals surface area (Å²) in [5, 5.41) is 10.5.